The largest absolute Gasteiger partial charge is 0.748 e. The summed E-state index contributed by atoms with van der Waals surface area (Å²) < 4.78 is 98.3. The summed E-state index contributed by atoms with van der Waals surface area (Å²) in [6.07, 6.45) is 7.20. The van der Waals surface area contributed by atoms with Crippen LogP contribution in [0.1, 0.15) is 20.3 Å². The minimum absolute atomic E-state index is 0. The van der Waals surface area contributed by atoms with Crippen molar-refractivity contribution in [2.45, 2.75) is 39.5 Å². The monoisotopic (exact) mass is 505 g/mol. The quantitative estimate of drug-likeness (QED) is 0.269. The molecular weight excluding hydrogens is 475 g/mol. The van der Waals surface area contributed by atoms with Gasteiger partial charge in [0.15, 0.2) is 0 Å². The van der Waals surface area contributed by atoms with Crippen molar-refractivity contribution in [3.8, 4) is 0 Å². The fourth-order valence-corrected chi connectivity index (χ4v) is 3.77. The standard InChI is InChI=1S/C8H12F3N3O2S.C8H14N2O3S.CH4/c1-13-2-3-14(7-13)4-5-17(15,16)12-6-8(9,10)11;1-9-5-6-10(8-9)4-2-3-7-14(11,12)13;/h2-3,7H,4-6H2,1H3;5-6,8H,2-4,7H2,1H3;1H4. The highest BCUT2D eigenvalue weighted by Gasteiger charge is 2.22. The van der Waals surface area contributed by atoms with Crippen molar-refractivity contribution in [1.82, 2.24) is 9.13 Å². The highest BCUT2D eigenvalue weighted by molar-refractivity contribution is 7.93. The molecule has 0 N–H and O–H groups in total. The third kappa shape index (κ3) is 14.9. The number of aromatic nitrogens is 4. The SMILES string of the molecule is C.C[n+]1ccn(CCCCS(=O)(=O)[O-])c1.C[n+]1ccn(CCS(=O)(=O)[N-]CC(F)(F)F)c1. The Morgan fingerprint density at radius 1 is 0.906 bits per heavy atom. The molecule has 0 fully saturated rings. The first-order valence-corrected chi connectivity index (χ1v) is 12.3. The summed E-state index contributed by atoms with van der Waals surface area (Å²) >= 11 is 0. The number of alkyl halides is 3. The molecule has 0 saturated carbocycles. The smallest absolute Gasteiger partial charge is 0.371 e. The van der Waals surface area contributed by atoms with Gasteiger partial charge in [0.05, 0.1) is 46.5 Å². The topological polar surface area (TPSA) is 123 Å². The summed E-state index contributed by atoms with van der Waals surface area (Å²) in [5.74, 6) is -0.710. The molecule has 32 heavy (non-hydrogen) atoms. The predicted octanol–water partition coefficient (Wildman–Crippen LogP) is 0.853. The number of unbranched alkanes of at least 4 members (excludes halogenated alkanes) is 1. The number of rotatable bonds is 10. The Bertz CT molecular complexity index is 1020. The summed E-state index contributed by atoms with van der Waals surface area (Å²) in [5, 5.41) is 0. The van der Waals surface area contributed by atoms with Gasteiger partial charge in [-0.3, -0.25) is 0 Å². The Morgan fingerprint density at radius 2 is 1.41 bits per heavy atom. The van der Waals surface area contributed by atoms with Crippen LogP contribution in [-0.4, -0.2) is 54.7 Å². The van der Waals surface area contributed by atoms with E-state index in [4.69, 9.17) is 0 Å². The third-order valence-corrected chi connectivity index (χ3v) is 5.77. The van der Waals surface area contributed by atoms with Crippen LogP contribution in [0, 0.1) is 0 Å². The highest BCUT2D eigenvalue weighted by atomic mass is 32.2. The van der Waals surface area contributed by atoms with Gasteiger partial charge in [0, 0.05) is 5.75 Å². The molecule has 0 aromatic carbocycles. The Morgan fingerprint density at radius 3 is 1.81 bits per heavy atom. The predicted molar refractivity (Wildman–Crippen MR) is 110 cm³/mol. The molecule has 0 radical (unpaired) electrons. The minimum Gasteiger partial charge on any atom is -0.748 e. The summed E-state index contributed by atoms with van der Waals surface area (Å²) in [4.78, 5) is 0. The van der Waals surface area contributed by atoms with E-state index in [9.17, 15) is 34.6 Å². The number of halogens is 3. The molecule has 0 unspecified atom stereocenters. The van der Waals surface area contributed by atoms with Crippen LogP contribution in [0.25, 0.3) is 4.72 Å². The summed E-state index contributed by atoms with van der Waals surface area (Å²) in [7, 11) is -4.40. The number of sulfonamides is 1. The van der Waals surface area contributed by atoms with Gasteiger partial charge >= 0.3 is 6.18 Å². The van der Waals surface area contributed by atoms with Gasteiger partial charge in [-0.05, 0) is 19.4 Å². The average Bonchev–Trinajstić information content (AvgIpc) is 3.23. The van der Waals surface area contributed by atoms with Crippen LogP contribution in [0.3, 0.4) is 0 Å². The lowest BCUT2D eigenvalue weighted by Crippen LogP contribution is -2.24. The van der Waals surface area contributed by atoms with Crippen molar-refractivity contribution < 1.29 is 43.7 Å². The van der Waals surface area contributed by atoms with Crippen molar-refractivity contribution in [2.75, 3.05) is 18.1 Å². The molecule has 0 aliphatic heterocycles. The molecule has 2 heterocycles. The molecule has 0 bridgehead atoms. The van der Waals surface area contributed by atoms with E-state index in [0.29, 0.717) is 12.8 Å². The first-order valence-electron chi connectivity index (χ1n) is 9.09. The van der Waals surface area contributed by atoms with Crippen molar-refractivity contribution in [3.05, 3.63) is 42.2 Å². The van der Waals surface area contributed by atoms with E-state index in [1.165, 1.54) is 0 Å². The van der Waals surface area contributed by atoms with Gasteiger partial charge in [-0.1, -0.05) is 7.43 Å². The fourth-order valence-electron chi connectivity index (χ4n) is 2.30. The highest BCUT2D eigenvalue weighted by Crippen LogP contribution is 2.19. The lowest BCUT2D eigenvalue weighted by atomic mass is 10.3. The number of imidazole rings is 2. The second-order valence-corrected chi connectivity index (χ2v) is 10.1. The maximum atomic E-state index is 11.8. The molecule has 10 nitrogen and oxygen atoms in total. The van der Waals surface area contributed by atoms with E-state index < -0.39 is 38.6 Å². The fraction of sp³-hybridized carbons (Fsp3) is 0.647. The van der Waals surface area contributed by atoms with E-state index >= 15 is 0 Å². The Kier molecular flexibility index (Phi) is 12.1. The van der Waals surface area contributed by atoms with Crippen molar-refractivity contribution in [2.24, 2.45) is 14.1 Å². The van der Waals surface area contributed by atoms with E-state index in [1.807, 2.05) is 34.9 Å². The lowest BCUT2D eigenvalue weighted by Gasteiger charge is -2.20. The molecule has 186 valence electrons. The van der Waals surface area contributed by atoms with Gasteiger partial charge in [0.25, 0.3) is 0 Å². The summed E-state index contributed by atoms with van der Waals surface area (Å²) in [6.45, 7) is -0.838. The van der Waals surface area contributed by atoms with Crippen LogP contribution in [0.5, 0.6) is 0 Å². The van der Waals surface area contributed by atoms with Crippen molar-refractivity contribution in [3.63, 3.8) is 0 Å². The van der Waals surface area contributed by atoms with Gasteiger partial charge in [-0.15, -0.1) is 0 Å². The second-order valence-electron chi connectivity index (χ2n) is 6.79. The van der Waals surface area contributed by atoms with Crippen LogP contribution in [0.2, 0.25) is 0 Å². The van der Waals surface area contributed by atoms with Gasteiger partial charge in [-0.25, -0.2) is 35.1 Å². The van der Waals surface area contributed by atoms with Gasteiger partial charge < -0.3 is 9.27 Å². The van der Waals surface area contributed by atoms with Crippen LogP contribution >= 0.6 is 0 Å². The summed E-state index contributed by atoms with van der Waals surface area (Å²) in [6, 6.07) is 0. The molecule has 0 amide bonds. The first kappa shape index (κ1) is 30.0. The maximum absolute atomic E-state index is 11.8. The van der Waals surface area contributed by atoms with Crippen LogP contribution < -0.4 is 9.13 Å². The number of hydrogen-bond donors (Lipinski definition) is 0. The molecule has 0 saturated heterocycles. The summed E-state index contributed by atoms with van der Waals surface area (Å²) in [5.41, 5.74) is 0. The minimum atomic E-state index is -4.59. The van der Waals surface area contributed by atoms with Crippen LogP contribution in [0.15, 0.2) is 37.4 Å². The normalized spacial score (nSPS) is 12.1. The van der Waals surface area contributed by atoms with E-state index in [2.05, 4.69) is 4.72 Å². The molecule has 0 aliphatic carbocycles. The van der Waals surface area contributed by atoms with Crippen LogP contribution in [-0.2, 0) is 47.3 Å². The van der Waals surface area contributed by atoms with E-state index in [-0.39, 0.29) is 19.7 Å². The Balaban J connectivity index is 0.000000592. The number of aryl methyl sites for hydroxylation is 4. The van der Waals surface area contributed by atoms with Crippen LogP contribution in [0.4, 0.5) is 13.2 Å². The molecule has 15 heteroatoms. The molecule has 2 rings (SSSR count). The second kappa shape index (κ2) is 12.9. The van der Waals surface area contributed by atoms with Crippen molar-refractivity contribution >= 4 is 20.1 Å². The molecule has 2 aromatic heterocycles. The molecule has 0 atom stereocenters. The van der Waals surface area contributed by atoms with Crippen molar-refractivity contribution in [1.29, 1.82) is 0 Å². The molecule has 0 aliphatic rings. The zero-order chi connectivity index (χ0) is 23.7. The molecule has 2 aromatic rings. The van der Waals surface area contributed by atoms with Gasteiger partial charge in [-0.2, -0.15) is 13.2 Å². The maximum Gasteiger partial charge on any atom is 0.371 e. The Labute approximate surface area is 187 Å². The van der Waals surface area contributed by atoms with E-state index in [1.54, 1.807) is 34.9 Å². The molecule has 0 spiro atoms. The third-order valence-electron chi connectivity index (χ3n) is 3.76. The molecular formula is C17H30F3N5O5S2. The Hall–Kier alpha value is -1.97. The first-order chi connectivity index (χ1) is 14.2. The lowest BCUT2D eigenvalue weighted by molar-refractivity contribution is -0.671. The zero-order valence-electron chi connectivity index (χ0n) is 17.1. The zero-order valence-corrected chi connectivity index (χ0v) is 18.8. The van der Waals surface area contributed by atoms with Gasteiger partial charge in [0.1, 0.15) is 31.3 Å². The average molecular weight is 506 g/mol. The van der Waals surface area contributed by atoms with Gasteiger partial charge in [0.2, 0.25) is 12.7 Å². The van der Waals surface area contributed by atoms with E-state index in [0.717, 1.165) is 6.54 Å². The number of nitrogens with zero attached hydrogens (tertiary/aromatic N) is 5. The number of hydrogen-bond acceptors (Lipinski definition) is 5.